The smallest absolute Gasteiger partial charge is 0.300 e. The average Bonchev–Trinajstić information content (AvgIpc) is 2.35. The van der Waals surface area contributed by atoms with E-state index in [4.69, 9.17) is 61.0 Å². The molecule has 13 nitrogen and oxygen atoms in total. The molecular weight excluding hydrogens is 479 g/mol. The van der Waals surface area contributed by atoms with Gasteiger partial charge in [0.2, 0.25) is 0 Å². The third-order valence-electron chi connectivity index (χ3n) is 0.642. The maximum atomic E-state index is 9.00. The molecule has 0 amide bonds. The zero-order valence-electron chi connectivity index (χ0n) is 20.0. The Morgan fingerprint density at radius 2 is 0.645 bits per heavy atom. The standard InChI is InChI=1S/C4H13N3.5C2H4O2.Ca.3Na/c5-1-3-7-4-2-6;5*1-2(3)4;;;;/h7H,1-6H2;5*1H3,(H,3,4);;;;. The van der Waals surface area contributed by atoms with E-state index in [1.54, 1.807) is 0 Å². The Kier molecular flexibility index (Phi) is 130. The molecule has 169 valence electrons. The van der Waals surface area contributed by atoms with Crippen LogP contribution < -0.4 is 16.8 Å². The van der Waals surface area contributed by atoms with Crippen LogP contribution >= 0.6 is 0 Å². The summed E-state index contributed by atoms with van der Waals surface area (Å²) in [4.78, 5) is 45.0. The van der Waals surface area contributed by atoms with Crippen molar-refractivity contribution in [3.05, 3.63) is 0 Å². The minimum atomic E-state index is -0.833. The topological polar surface area (TPSA) is 251 Å². The molecule has 31 heavy (non-hydrogen) atoms. The van der Waals surface area contributed by atoms with Gasteiger partial charge >= 0.3 is 0 Å². The molecule has 0 rings (SSSR count). The first-order valence-electron chi connectivity index (χ1n) is 7.16. The van der Waals surface area contributed by atoms with E-state index in [-0.39, 0.29) is 126 Å². The molecule has 0 bridgehead atoms. The molecule has 0 aliphatic rings. The number of rotatable bonds is 4. The quantitative estimate of drug-likeness (QED) is 0.143. The molecule has 5 radical (unpaired) electrons. The Morgan fingerprint density at radius 3 is 0.710 bits per heavy atom. The third-order valence-corrected chi connectivity index (χ3v) is 0.642. The van der Waals surface area contributed by atoms with E-state index in [9.17, 15) is 0 Å². The number of aliphatic carboxylic acids is 5. The number of hydrogen-bond donors (Lipinski definition) is 8. The van der Waals surface area contributed by atoms with Crippen LogP contribution in [0, 0.1) is 0 Å². The van der Waals surface area contributed by atoms with Crippen molar-refractivity contribution < 1.29 is 49.5 Å². The molecule has 17 heteroatoms. The van der Waals surface area contributed by atoms with Crippen LogP contribution in [0.25, 0.3) is 0 Å². The number of carboxylic acids is 5. The van der Waals surface area contributed by atoms with E-state index in [2.05, 4.69) is 5.32 Å². The Bertz CT molecular complexity index is 303. The van der Waals surface area contributed by atoms with Crippen molar-refractivity contribution in [3.63, 3.8) is 0 Å². The summed E-state index contributed by atoms with van der Waals surface area (Å²) >= 11 is 0. The van der Waals surface area contributed by atoms with Crippen LogP contribution in [0.3, 0.4) is 0 Å². The van der Waals surface area contributed by atoms with Gasteiger partial charge in [-0.05, 0) is 0 Å². The van der Waals surface area contributed by atoms with Crippen LogP contribution in [-0.2, 0) is 24.0 Å². The van der Waals surface area contributed by atoms with Gasteiger partial charge in [0.05, 0.1) is 0 Å². The summed E-state index contributed by atoms with van der Waals surface area (Å²) < 4.78 is 0. The number of carbonyl (C=O) groups is 5. The maximum Gasteiger partial charge on any atom is 0.300 e. The second-order valence-corrected chi connectivity index (χ2v) is 3.92. The molecule has 0 fully saturated rings. The first-order valence-corrected chi connectivity index (χ1v) is 7.16. The second-order valence-electron chi connectivity index (χ2n) is 3.92. The Morgan fingerprint density at radius 1 is 0.548 bits per heavy atom. The summed E-state index contributed by atoms with van der Waals surface area (Å²) in [6.07, 6.45) is 0. The van der Waals surface area contributed by atoms with E-state index < -0.39 is 29.8 Å². The minimum absolute atomic E-state index is 0. The van der Waals surface area contributed by atoms with Gasteiger partial charge in [-0.2, -0.15) is 0 Å². The predicted molar refractivity (Wildman–Crippen MR) is 121 cm³/mol. The molecular formula is C14H33CaN3Na3O10. The van der Waals surface area contributed by atoms with Gasteiger partial charge in [-0.15, -0.1) is 0 Å². The van der Waals surface area contributed by atoms with Crippen molar-refractivity contribution >= 4 is 156 Å². The number of nitrogens with two attached hydrogens (primary N) is 2. The summed E-state index contributed by atoms with van der Waals surface area (Å²) in [7, 11) is 0. The van der Waals surface area contributed by atoms with Crippen LogP contribution in [0.15, 0.2) is 0 Å². The average molecular weight is 512 g/mol. The Labute approximate surface area is 279 Å². The molecule has 0 aliphatic heterocycles. The minimum Gasteiger partial charge on any atom is -0.481 e. The fraction of sp³-hybridized carbons (Fsp3) is 0.643. The summed E-state index contributed by atoms with van der Waals surface area (Å²) in [5.41, 5.74) is 10.3. The maximum absolute atomic E-state index is 9.00. The van der Waals surface area contributed by atoms with E-state index in [0.717, 1.165) is 47.7 Å². The summed E-state index contributed by atoms with van der Waals surface area (Å²) in [5, 5.41) is 40.1. The number of nitrogens with one attached hydrogen (secondary N) is 1. The van der Waals surface area contributed by atoms with Gasteiger partial charge in [0.25, 0.3) is 29.8 Å². The van der Waals surface area contributed by atoms with Crippen molar-refractivity contribution in [2.24, 2.45) is 11.5 Å². The van der Waals surface area contributed by atoms with Gasteiger partial charge in [0.1, 0.15) is 0 Å². The third kappa shape index (κ3) is 909. The first kappa shape index (κ1) is 63.7. The molecule has 0 saturated heterocycles. The molecule has 10 N–H and O–H groups in total. The molecule has 0 spiro atoms. The van der Waals surface area contributed by atoms with Crippen LogP contribution in [0.5, 0.6) is 0 Å². The SMILES string of the molecule is CC(=O)O.CC(=O)O.CC(=O)O.CC(=O)O.CC(=O)O.NCCNCCN.[Ca].[Na].[Na].[Na]. The predicted octanol–water partition coefficient (Wildman–Crippen LogP) is -2.58. The van der Waals surface area contributed by atoms with Crippen molar-refractivity contribution in [1.82, 2.24) is 5.32 Å². The normalized spacial score (nSPS) is 6.16. The molecule has 0 atom stereocenters. The van der Waals surface area contributed by atoms with Gasteiger partial charge in [-0.25, -0.2) is 0 Å². The fourth-order valence-corrected chi connectivity index (χ4v) is 0.329. The zero-order valence-corrected chi connectivity index (χ0v) is 28.2. The van der Waals surface area contributed by atoms with Crippen molar-refractivity contribution in [2.45, 2.75) is 34.6 Å². The van der Waals surface area contributed by atoms with Gasteiger partial charge in [-0.3, -0.25) is 24.0 Å². The van der Waals surface area contributed by atoms with Crippen molar-refractivity contribution in [1.29, 1.82) is 0 Å². The Balaban J connectivity index is -0.0000000211. The summed E-state index contributed by atoms with van der Waals surface area (Å²) in [6.45, 7) is 8.55. The molecule has 0 heterocycles. The van der Waals surface area contributed by atoms with Crippen molar-refractivity contribution in [3.8, 4) is 0 Å². The molecule has 0 aromatic heterocycles. The van der Waals surface area contributed by atoms with Crippen LogP contribution in [0.2, 0.25) is 0 Å². The van der Waals surface area contributed by atoms with Crippen LogP contribution in [0.1, 0.15) is 34.6 Å². The fourth-order valence-electron chi connectivity index (χ4n) is 0.329. The summed E-state index contributed by atoms with van der Waals surface area (Å²) in [6, 6.07) is 0. The Hall–Kier alpha value is 1.49. The number of hydrogen-bond acceptors (Lipinski definition) is 8. The van der Waals surface area contributed by atoms with Crippen LogP contribution in [-0.4, -0.2) is 208 Å². The van der Waals surface area contributed by atoms with Gasteiger partial charge < -0.3 is 42.3 Å². The zero-order chi connectivity index (χ0) is 23.4. The molecule has 0 aromatic rings. The van der Waals surface area contributed by atoms with Crippen molar-refractivity contribution in [2.75, 3.05) is 26.2 Å². The van der Waals surface area contributed by atoms with E-state index in [1.807, 2.05) is 0 Å². The van der Waals surface area contributed by atoms with E-state index in [1.165, 1.54) is 0 Å². The second kappa shape index (κ2) is 63.4. The van der Waals surface area contributed by atoms with Crippen LogP contribution in [0.4, 0.5) is 0 Å². The number of carboxylic acid groups (broad SMARTS) is 5. The van der Waals surface area contributed by atoms with Gasteiger partial charge in [0, 0.05) is 187 Å². The van der Waals surface area contributed by atoms with Gasteiger partial charge in [0.15, 0.2) is 0 Å². The van der Waals surface area contributed by atoms with Gasteiger partial charge in [-0.1, -0.05) is 0 Å². The van der Waals surface area contributed by atoms with E-state index >= 15 is 0 Å². The molecule has 0 unspecified atom stereocenters. The molecule has 0 aromatic carbocycles. The van der Waals surface area contributed by atoms with E-state index in [0.29, 0.717) is 13.1 Å². The molecule has 0 aliphatic carbocycles. The largest absolute Gasteiger partial charge is 0.481 e. The summed E-state index contributed by atoms with van der Waals surface area (Å²) in [5.74, 6) is -4.17. The monoisotopic (exact) mass is 512 g/mol. The first-order chi connectivity index (χ1) is 12.1. The molecule has 0 saturated carbocycles.